The van der Waals surface area contributed by atoms with Gasteiger partial charge in [0.1, 0.15) is 17.2 Å². The summed E-state index contributed by atoms with van der Waals surface area (Å²) in [5.74, 6) is -0.932. The fourth-order valence-electron chi connectivity index (χ4n) is 3.68. The van der Waals surface area contributed by atoms with Crippen molar-refractivity contribution in [1.29, 1.82) is 0 Å². The number of benzene rings is 2. The first-order chi connectivity index (χ1) is 16.6. The van der Waals surface area contributed by atoms with Crippen LogP contribution in [0.15, 0.2) is 47.3 Å². The Balaban J connectivity index is 1.85. The lowest BCUT2D eigenvalue weighted by Crippen LogP contribution is -2.32. The van der Waals surface area contributed by atoms with Crippen molar-refractivity contribution in [2.24, 2.45) is 7.05 Å². The second-order valence-corrected chi connectivity index (χ2v) is 9.72. The van der Waals surface area contributed by atoms with Crippen molar-refractivity contribution in [3.05, 3.63) is 73.3 Å². The lowest BCUT2D eigenvalue weighted by molar-refractivity contribution is -0.114. The summed E-state index contributed by atoms with van der Waals surface area (Å²) in [6, 6.07) is 11.7. The van der Waals surface area contributed by atoms with E-state index < -0.39 is 5.82 Å². The lowest BCUT2D eigenvalue weighted by Gasteiger charge is -2.22. The average molecular weight is 589 g/mol. The van der Waals surface area contributed by atoms with Gasteiger partial charge in [-0.15, -0.1) is 0 Å². The molecule has 10 heteroatoms. The summed E-state index contributed by atoms with van der Waals surface area (Å²) in [7, 11) is 1.54. The Morgan fingerprint density at radius 2 is 1.80 bits per heavy atom. The van der Waals surface area contributed by atoms with E-state index in [2.05, 4.69) is 21.3 Å². The van der Waals surface area contributed by atoms with Crippen molar-refractivity contribution in [3.63, 3.8) is 0 Å². The van der Waals surface area contributed by atoms with E-state index in [0.717, 1.165) is 16.4 Å². The third-order valence-electron chi connectivity index (χ3n) is 5.60. The first-order valence-electron chi connectivity index (χ1n) is 11.0. The number of hydrogen-bond acceptors (Lipinski definition) is 5. The molecular formula is C25H25FIN5O3. The molecule has 1 aliphatic carbocycles. The molecule has 182 valence electrons. The second kappa shape index (κ2) is 10.1. The highest BCUT2D eigenvalue weighted by atomic mass is 127. The molecular weight excluding hydrogens is 564 g/mol. The zero-order valence-corrected chi connectivity index (χ0v) is 21.6. The van der Waals surface area contributed by atoms with Gasteiger partial charge in [-0.1, -0.05) is 6.07 Å². The number of nitrogens with one attached hydrogen (secondary N) is 4. The summed E-state index contributed by atoms with van der Waals surface area (Å²) < 4.78 is 16.7. The van der Waals surface area contributed by atoms with Crippen LogP contribution in [0, 0.1) is 16.3 Å². The van der Waals surface area contributed by atoms with Crippen molar-refractivity contribution in [2.75, 3.05) is 16.0 Å². The molecule has 3 aromatic rings. The predicted molar refractivity (Wildman–Crippen MR) is 143 cm³/mol. The molecule has 0 radical (unpaired) electrons. The molecule has 8 nitrogen and oxygen atoms in total. The molecule has 1 aromatic heterocycles. The number of rotatable bonds is 7. The largest absolute Gasteiger partial charge is 0.354 e. The van der Waals surface area contributed by atoms with Gasteiger partial charge in [-0.25, -0.2) is 4.39 Å². The number of aromatic nitrogens is 1. The summed E-state index contributed by atoms with van der Waals surface area (Å²) >= 11 is 2.01. The number of nitrogens with zero attached hydrogens (tertiary/aromatic N) is 1. The Hall–Kier alpha value is -3.41. The minimum atomic E-state index is -0.504. The van der Waals surface area contributed by atoms with Gasteiger partial charge in [-0.2, -0.15) is 0 Å². The summed E-state index contributed by atoms with van der Waals surface area (Å²) in [6.45, 7) is 3.04. The van der Waals surface area contributed by atoms with Crippen molar-refractivity contribution in [2.45, 2.75) is 32.7 Å². The van der Waals surface area contributed by atoms with Gasteiger partial charge in [0.15, 0.2) is 0 Å². The first-order valence-corrected chi connectivity index (χ1v) is 12.1. The van der Waals surface area contributed by atoms with Gasteiger partial charge in [0.05, 0.1) is 11.4 Å². The molecule has 1 aliphatic rings. The second-order valence-electron chi connectivity index (χ2n) is 8.47. The molecule has 1 heterocycles. The summed E-state index contributed by atoms with van der Waals surface area (Å²) in [6.07, 6.45) is 1.76. The monoisotopic (exact) mass is 589 g/mol. The van der Waals surface area contributed by atoms with Crippen LogP contribution in [-0.4, -0.2) is 22.4 Å². The fourth-order valence-corrected chi connectivity index (χ4v) is 4.14. The van der Waals surface area contributed by atoms with E-state index in [4.69, 9.17) is 0 Å². The maximum absolute atomic E-state index is 14.7. The molecule has 0 saturated heterocycles. The quantitative estimate of drug-likeness (QED) is 0.297. The average Bonchev–Trinajstić information content (AvgIpc) is 3.61. The van der Waals surface area contributed by atoms with Crippen LogP contribution in [-0.2, 0) is 11.8 Å². The maximum Gasteiger partial charge on any atom is 0.257 e. The minimum absolute atomic E-state index is 0.0684. The first kappa shape index (κ1) is 24.7. The van der Waals surface area contributed by atoms with Crippen LogP contribution in [0.1, 0.15) is 35.7 Å². The van der Waals surface area contributed by atoms with E-state index in [1.807, 2.05) is 22.6 Å². The topological polar surface area (TPSA) is 104 Å². The van der Waals surface area contributed by atoms with Crippen LogP contribution in [0.25, 0.3) is 0 Å². The molecule has 0 aliphatic heterocycles. The molecule has 2 amide bonds. The number of pyridine rings is 1. The van der Waals surface area contributed by atoms with Crippen LogP contribution in [0.4, 0.5) is 33.0 Å². The third kappa shape index (κ3) is 5.64. The number of hydrogen-bond donors (Lipinski definition) is 4. The minimum Gasteiger partial charge on any atom is -0.354 e. The molecule has 0 spiro atoms. The Kier molecular flexibility index (Phi) is 7.10. The molecule has 4 N–H and O–H groups in total. The Morgan fingerprint density at radius 3 is 2.46 bits per heavy atom. The number of anilines is 5. The standard InChI is InChI=1S/C25H25FIN5O3/c1-13-22(29-18-6-4-5-17(12-18)28-14(2)33)21(24(34)30-16-8-9-16)23(32(3)25(13)35)31-20-10-7-15(27)11-19(20)26/h4-7,10-12,16,29,31H,8-9H2,1-3H3,(H,28,33)(H,30,34). The van der Waals surface area contributed by atoms with Gasteiger partial charge in [-0.05, 0) is 78.8 Å². The van der Waals surface area contributed by atoms with Crippen LogP contribution >= 0.6 is 22.6 Å². The number of carbonyl (C=O) groups excluding carboxylic acids is 2. The van der Waals surface area contributed by atoms with Gasteiger partial charge in [0.25, 0.3) is 11.5 Å². The molecule has 1 saturated carbocycles. The van der Waals surface area contributed by atoms with Crippen molar-refractivity contribution < 1.29 is 14.0 Å². The highest BCUT2D eigenvalue weighted by Gasteiger charge is 2.29. The van der Waals surface area contributed by atoms with Gasteiger partial charge >= 0.3 is 0 Å². The van der Waals surface area contributed by atoms with E-state index in [0.29, 0.717) is 22.6 Å². The molecule has 0 atom stereocenters. The van der Waals surface area contributed by atoms with E-state index in [1.54, 1.807) is 43.3 Å². The van der Waals surface area contributed by atoms with Crippen molar-refractivity contribution >= 4 is 63.0 Å². The number of carbonyl (C=O) groups is 2. The summed E-state index contributed by atoms with van der Waals surface area (Å²) in [5, 5.41) is 11.8. The smallest absolute Gasteiger partial charge is 0.257 e. The highest BCUT2D eigenvalue weighted by Crippen LogP contribution is 2.33. The molecule has 4 rings (SSSR count). The highest BCUT2D eigenvalue weighted by molar-refractivity contribution is 14.1. The normalized spacial score (nSPS) is 12.7. The fraction of sp³-hybridized carbons (Fsp3) is 0.240. The Morgan fingerprint density at radius 1 is 1.09 bits per heavy atom. The number of amides is 2. The molecule has 0 unspecified atom stereocenters. The van der Waals surface area contributed by atoms with Crippen LogP contribution in [0.2, 0.25) is 0 Å². The predicted octanol–water partition coefficient (Wildman–Crippen LogP) is 4.78. The SMILES string of the molecule is CC(=O)Nc1cccc(Nc2c(C(=O)NC3CC3)c(Nc3ccc(I)cc3F)n(C)c(=O)c2C)c1. The molecule has 0 bridgehead atoms. The van der Waals surface area contributed by atoms with Gasteiger partial charge in [-0.3, -0.25) is 19.0 Å². The number of halogens is 2. The van der Waals surface area contributed by atoms with Gasteiger partial charge in [0, 0.05) is 40.5 Å². The van der Waals surface area contributed by atoms with Gasteiger partial charge in [0.2, 0.25) is 5.91 Å². The van der Waals surface area contributed by atoms with E-state index in [-0.39, 0.29) is 40.5 Å². The third-order valence-corrected chi connectivity index (χ3v) is 6.27. The van der Waals surface area contributed by atoms with Crippen LogP contribution in [0.3, 0.4) is 0 Å². The van der Waals surface area contributed by atoms with Gasteiger partial charge < -0.3 is 21.3 Å². The molecule has 1 fully saturated rings. The summed E-state index contributed by atoms with van der Waals surface area (Å²) in [4.78, 5) is 38.0. The van der Waals surface area contributed by atoms with Crippen LogP contribution < -0.4 is 26.8 Å². The van der Waals surface area contributed by atoms with E-state index >= 15 is 0 Å². The molecule has 35 heavy (non-hydrogen) atoms. The van der Waals surface area contributed by atoms with Crippen molar-refractivity contribution in [3.8, 4) is 0 Å². The van der Waals surface area contributed by atoms with Crippen LogP contribution in [0.5, 0.6) is 0 Å². The summed E-state index contributed by atoms with van der Waals surface area (Å²) in [5.41, 5.74) is 1.75. The van der Waals surface area contributed by atoms with E-state index in [9.17, 15) is 18.8 Å². The Bertz CT molecular complexity index is 1380. The maximum atomic E-state index is 14.7. The van der Waals surface area contributed by atoms with Crippen molar-refractivity contribution in [1.82, 2.24) is 9.88 Å². The zero-order chi connectivity index (χ0) is 25.3. The van der Waals surface area contributed by atoms with E-state index in [1.165, 1.54) is 24.6 Å². The Labute approximate surface area is 215 Å². The lowest BCUT2D eigenvalue weighted by atomic mass is 10.1. The zero-order valence-electron chi connectivity index (χ0n) is 19.5. The molecule has 2 aromatic carbocycles.